The van der Waals surface area contributed by atoms with E-state index in [1.807, 2.05) is 50.2 Å². The van der Waals surface area contributed by atoms with Crippen LogP contribution >= 0.6 is 0 Å². The molecule has 0 bridgehead atoms. The van der Waals surface area contributed by atoms with Crippen LogP contribution in [0.4, 0.5) is 11.6 Å². The Morgan fingerprint density at radius 2 is 1.83 bits per heavy atom. The molecule has 1 atom stereocenters. The minimum absolute atomic E-state index is 0.241. The quantitative estimate of drug-likeness (QED) is 0.573. The largest absolute Gasteiger partial charge is 0.384 e. The van der Waals surface area contributed by atoms with Gasteiger partial charge in [0.05, 0.1) is 17.4 Å². The van der Waals surface area contributed by atoms with Crippen molar-refractivity contribution in [3.63, 3.8) is 0 Å². The van der Waals surface area contributed by atoms with Crippen molar-refractivity contribution in [3.8, 4) is 16.9 Å². The zero-order chi connectivity index (χ0) is 22.3. The highest BCUT2D eigenvalue weighted by Crippen LogP contribution is 2.30. The Morgan fingerprint density at radius 1 is 1.20 bits per heavy atom. The number of nitrogens with zero attached hydrogens (tertiary/aromatic N) is 3. The zero-order valence-electron chi connectivity index (χ0n) is 17.6. The summed E-state index contributed by atoms with van der Waals surface area (Å²) in [5.41, 5.74) is 14.8. The number of rotatable bonds is 5. The van der Waals surface area contributed by atoms with Crippen LogP contribution in [0.3, 0.4) is 0 Å². The molecule has 1 unspecified atom stereocenters. The van der Waals surface area contributed by atoms with Crippen molar-refractivity contribution in [2.75, 3.05) is 23.6 Å². The molecule has 0 saturated heterocycles. The number of nitrogens with two attached hydrogens (primary N) is 2. The Morgan fingerprint density at radius 3 is 2.37 bits per heavy atom. The van der Waals surface area contributed by atoms with E-state index in [-0.39, 0.29) is 5.91 Å². The summed E-state index contributed by atoms with van der Waals surface area (Å²) >= 11 is 0. The van der Waals surface area contributed by atoms with E-state index < -0.39 is 16.8 Å². The third kappa shape index (κ3) is 5.98. The van der Waals surface area contributed by atoms with Gasteiger partial charge >= 0.3 is 0 Å². The molecule has 9 heteroatoms. The lowest BCUT2D eigenvalue weighted by Gasteiger charge is -2.13. The summed E-state index contributed by atoms with van der Waals surface area (Å²) in [6, 6.07) is 12.6. The molecule has 8 nitrogen and oxygen atoms in total. The highest BCUT2D eigenvalue weighted by atomic mass is 32.2. The predicted molar refractivity (Wildman–Crippen MR) is 123 cm³/mol. The van der Waals surface area contributed by atoms with Gasteiger partial charge in [-0.1, -0.05) is 25.1 Å². The second-order valence-electron chi connectivity index (χ2n) is 6.79. The van der Waals surface area contributed by atoms with Gasteiger partial charge in [-0.05, 0) is 37.6 Å². The SMILES string of the molecule is CCC(N)C(=O)Nc1c(C)c(-c2ccc(N)nc2)nn1-c1ccccc1.CS(C)=O. The van der Waals surface area contributed by atoms with Crippen LogP contribution in [0.1, 0.15) is 18.9 Å². The third-order valence-corrected chi connectivity index (χ3v) is 4.20. The van der Waals surface area contributed by atoms with Crippen LogP contribution in [0, 0.1) is 6.92 Å². The lowest BCUT2D eigenvalue weighted by Crippen LogP contribution is -2.35. The van der Waals surface area contributed by atoms with Gasteiger partial charge in [-0.15, -0.1) is 0 Å². The summed E-state index contributed by atoms with van der Waals surface area (Å²) in [6.45, 7) is 3.78. The average Bonchev–Trinajstić information content (AvgIpc) is 3.04. The van der Waals surface area contributed by atoms with Crippen LogP contribution in [0.25, 0.3) is 16.9 Å². The maximum Gasteiger partial charge on any atom is 0.242 e. The molecule has 0 spiro atoms. The van der Waals surface area contributed by atoms with Gasteiger partial charge in [0.15, 0.2) is 0 Å². The van der Waals surface area contributed by atoms with E-state index >= 15 is 0 Å². The van der Waals surface area contributed by atoms with Crippen molar-refractivity contribution in [1.29, 1.82) is 0 Å². The van der Waals surface area contributed by atoms with Crippen molar-refractivity contribution in [2.45, 2.75) is 26.3 Å². The molecule has 3 rings (SSSR count). The monoisotopic (exact) mass is 428 g/mol. The summed E-state index contributed by atoms with van der Waals surface area (Å²) < 4.78 is 11.3. The molecule has 2 heterocycles. The number of para-hydroxylation sites is 1. The molecular weight excluding hydrogens is 400 g/mol. The Balaban J connectivity index is 0.000000735. The van der Waals surface area contributed by atoms with E-state index in [1.54, 1.807) is 29.5 Å². The molecule has 1 aromatic carbocycles. The first kappa shape index (κ1) is 23.2. The maximum absolute atomic E-state index is 12.4. The van der Waals surface area contributed by atoms with Crippen molar-refractivity contribution >= 4 is 28.3 Å². The number of nitrogens with one attached hydrogen (secondary N) is 1. The smallest absolute Gasteiger partial charge is 0.242 e. The first-order valence-corrected chi connectivity index (χ1v) is 11.4. The van der Waals surface area contributed by atoms with Gasteiger partial charge in [0.2, 0.25) is 5.91 Å². The molecule has 0 aliphatic rings. The number of aromatic nitrogens is 3. The van der Waals surface area contributed by atoms with Gasteiger partial charge in [0.1, 0.15) is 11.6 Å². The fourth-order valence-electron chi connectivity index (χ4n) is 2.61. The van der Waals surface area contributed by atoms with Gasteiger partial charge in [0, 0.05) is 40.6 Å². The second kappa shape index (κ2) is 10.7. The number of carbonyl (C=O) groups excluding carboxylic acids is 1. The molecule has 3 aromatic rings. The predicted octanol–water partition coefficient (Wildman–Crippen LogP) is 2.50. The molecule has 0 radical (unpaired) electrons. The lowest BCUT2D eigenvalue weighted by molar-refractivity contribution is -0.117. The van der Waals surface area contributed by atoms with Crippen molar-refractivity contribution in [3.05, 3.63) is 54.2 Å². The topological polar surface area (TPSA) is 129 Å². The average molecular weight is 429 g/mol. The highest BCUT2D eigenvalue weighted by molar-refractivity contribution is 7.83. The van der Waals surface area contributed by atoms with Gasteiger partial charge in [-0.2, -0.15) is 5.10 Å². The molecule has 0 aliphatic carbocycles. The highest BCUT2D eigenvalue weighted by Gasteiger charge is 2.21. The molecule has 160 valence electrons. The van der Waals surface area contributed by atoms with Crippen molar-refractivity contribution < 1.29 is 9.00 Å². The molecule has 0 aliphatic heterocycles. The fourth-order valence-corrected chi connectivity index (χ4v) is 2.61. The Bertz CT molecular complexity index is 998. The summed E-state index contributed by atoms with van der Waals surface area (Å²) in [5.74, 6) is 0.794. The molecule has 0 saturated carbocycles. The Labute approximate surface area is 179 Å². The zero-order valence-corrected chi connectivity index (χ0v) is 18.4. The normalized spacial score (nSPS) is 11.5. The molecular formula is C21H28N6O2S. The Hall–Kier alpha value is -3.04. The minimum Gasteiger partial charge on any atom is -0.384 e. The third-order valence-electron chi connectivity index (χ3n) is 4.20. The first-order chi connectivity index (χ1) is 14.2. The fraction of sp³-hybridized carbons (Fsp3) is 0.286. The standard InChI is InChI=1S/C19H22N6O.C2H6OS/c1-3-15(20)19(26)23-18-12(2)17(13-9-10-16(21)22-11-13)24-25(18)14-7-5-4-6-8-14;1-4(2)3/h4-11,15H,3,20H2,1-2H3,(H2,21,22)(H,23,26);1-2H3. The molecule has 5 N–H and O–H groups in total. The lowest BCUT2D eigenvalue weighted by atomic mass is 10.1. The minimum atomic E-state index is -0.611. The van der Waals surface area contributed by atoms with Crippen molar-refractivity contribution in [2.24, 2.45) is 5.73 Å². The molecule has 30 heavy (non-hydrogen) atoms. The summed E-state index contributed by atoms with van der Waals surface area (Å²) in [4.78, 5) is 16.5. The number of benzene rings is 1. The summed E-state index contributed by atoms with van der Waals surface area (Å²) in [5, 5.41) is 7.62. The van der Waals surface area contributed by atoms with Crippen LogP contribution in [0.15, 0.2) is 48.7 Å². The first-order valence-electron chi connectivity index (χ1n) is 9.43. The number of amides is 1. The number of anilines is 2. The summed E-state index contributed by atoms with van der Waals surface area (Å²) in [6.07, 6.45) is 5.50. The summed E-state index contributed by atoms with van der Waals surface area (Å²) in [7, 11) is -0.611. The van der Waals surface area contributed by atoms with Crippen LogP contribution in [-0.2, 0) is 15.6 Å². The molecule has 0 fully saturated rings. The molecule has 2 aromatic heterocycles. The maximum atomic E-state index is 12.4. The van der Waals surface area contributed by atoms with E-state index in [0.29, 0.717) is 18.1 Å². The second-order valence-corrected chi connectivity index (χ2v) is 8.27. The van der Waals surface area contributed by atoms with E-state index in [4.69, 9.17) is 16.6 Å². The van der Waals surface area contributed by atoms with Crippen LogP contribution in [0.2, 0.25) is 0 Å². The number of carbonyl (C=O) groups is 1. The van der Waals surface area contributed by atoms with Crippen molar-refractivity contribution in [1.82, 2.24) is 14.8 Å². The van der Waals surface area contributed by atoms with Crippen LogP contribution < -0.4 is 16.8 Å². The Kier molecular flexibility index (Phi) is 8.25. The number of pyridine rings is 1. The van der Waals surface area contributed by atoms with Gasteiger partial charge in [0.25, 0.3) is 0 Å². The molecule has 1 amide bonds. The van der Waals surface area contributed by atoms with E-state index in [1.165, 1.54) is 0 Å². The van der Waals surface area contributed by atoms with Gasteiger partial charge in [-0.3, -0.25) is 9.00 Å². The van der Waals surface area contributed by atoms with E-state index in [0.717, 1.165) is 22.5 Å². The van der Waals surface area contributed by atoms with E-state index in [2.05, 4.69) is 10.3 Å². The van der Waals surface area contributed by atoms with E-state index in [9.17, 15) is 9.00 Å². The number of hydrogen-bond donors (Lipinski definition) is 3. The van der Waals surface area contributed by atoms with Crippen LogP contribution in [0.5, 0.6) is 0 Å². The number of nitrogen functional groups attached to an aromatic ring is 1. The van der Waals surface area contributed by atoms with Gasteiger partial charge in [-0.25, -0.2) is 9.67 Å². The van der Waals surface area contributed by atoms with Gasteiger partial charge < -0.3 is 16.8 Å². The van der Waals surface area contributed by atoms with Crippen LogP contribution in [-0.4, -0.2) is 43.4 Å². The number of hydrogen-bond acceptors (Lipinski definition) is 6.